The smallest absolute Gasteiger partial charge is 0.217 e. The number of nitrogens with one attached hydrogen (secondary N) is 1. The van der Waals surface area contributed by atoms with Gasteiger partial charge in [0.25, 0.3) is 0 Å². The Labute approximate surface area is 140 Å². The summed E-state index contributed by atoms with van der Waals surface area (Å²) in [6.45, 7) is 0.648. The summed E-state index contributed by atoms with van der Waals surface area (Å²) in [5.41, 5.74) is 7.92. The van der Waals surface area contributed by atoms with Crippen LogP contribution in [0.25, 0.3) is 16.9 Å². The van der Waals surface area contributed by atoms with E-state index in [0.29, 0.717) is 19.4 Å². The van der Waals surface area contributed by atoms with E-state index in [1.54, 1.807) is 7.11 Å². The number of carbonyl (C=O) groups is 1. The van der Waals surface area contributed by atoms with E-state index >= 15 is 0 Å². The fraction of sp³-hybridized carbons (Fsp3) is 0.222. The molecule has 0 fully saturated rings. The van der Waals surface area contributed by atoms with Crippen molar-refractivity contribution in [2.24, 2.45) is 5.73 Å². The number of fused-ring (bicyclic) bond motifs is 1. The first-order valence-corrected chi connectivity index (χ1v) is 7.82. The van der Waals surface area contributed by atoms with E-state index in [0.717, 1.165) is 28.5 Å². The third-order valence-corrected chi connectivity index (χ3v) is 3.79. The molecule has 3 rings (SSSR count). The number of rotatable bonds is 7. The number of carbonyl (C=O) groups excluding carboxylic acids is 1. The molecule has 0 aliphatic carbocycles. The number of aromatic nitrogens is 2. The zero-order valence-corrected chi connectivity index (χ0v) is 13.5. The molecule has 0 spiro atoms. The number of hydrogen-bond donors (Lipinski definition) is 2. The zero-order chi connectivity index (χ0) is 16.9. The third kappa shape index (κ3) is 3.32. The van der Waals surface area contributed by atoms with Crippen molar-refractivity contribution >= 4 is 17.4 Å². The highest BCUT2D eigenvalue weighted by atomic mass is 16.5. The van der Waals surface area contributed by atoms with Crippen LogP contribution in [0.15, 0.2) is 48.7 Å². The van der Waals surface area contributed by atoms with Gasteiger partial charge in [-0.1, -0.05) is 6.07 Å². The molecule has 6 nitrogen and oxygen atoms in total. The Kier molecular flexibility index (Phi) is 4.65. The molecule has 2 aromatic heterocycles. The van der Waals surface area contributed by atoms with Gasteiger partial charge in [-0.3, -0.25) is 9.20 Å². The van der Waals surface area contributed by atoms with E-state index in [-0.39, 0.29) is 5.91 Å². The van der Waals surface area contributed by atoms with Crippen LogP contribution in [-0.2, 0) is 4.79 Å². The molecule has 2 heterocycles. The number of pyridine rings is 1. The van der Waals surface area contributed by atoms with Crippen molar-refractivity contribution in [2.75, 3.05) is 19.0 Å². The predicted molar refractivity (Wildman–Crippen MR) is 94.1 cm³/mol. The molecule has 0 radical (unpaired) electrons. The lowest BCUT2D eigenvalue weighted by Gasteiger charge is -2.09. The van der Waals surface area contributed by atoms with Gasteiger partial charge in [0.05, 0.1) is 7.11 Å². The van der Waals surface area contributed by atoms with Crippen LogP contribution in [0.2, 0.25) is 0 Å². The third-order valence-electron chi connectivity index (χ3n) is 3.79. The Morgan fingerprint density at radius 1 is 1.25 bits per heavy atom. The second kappa shape index (κ2) is 7.04. The van der Waals surface area contributed by atoms with Crippen LogP contribution in [0.4, 0.5) is 5.82 Å². The van der Waals surface area contributed by atoms with Gasteiger partial charge < -0.3 is 15.8 Å². The maximum absolute atomic E-state index is 10.9. The zero-order valence-electron chi connectivity index (χ0n) is 13.5. The quantitative estimate of drug-likeness (QED) is 0.655. The monoisotopic (exact) mass is 324 g/mol. The van der Waals surface area contributed by atoms with E-state index in [1.165, 1.54) is 0 Å². The SMILES string of the molecule is COc1ccc(-c2nc3ccccn3c2NCCCC(N)=O)cc1. The topological polar surface area (TPSA) is 81.7 Å². The molecule has 3 N–H and O–H groups in total. The van der Waals surface area contributed by atoms with Crippen molar-refractivity contribution in [1.29, 1.82) is 0 Å². The summed E-state index contributed by atoms with van der Waals surface area (Å²) in [4.78, 5) is 15.6. The van der Waals surface area contributed by atoms with Crippen LogP contribution in [0.1, 0.15) is 12.8 Å². The van der Waals surface area contributed by atoms with Gasteiger partial charge in [-0.15, -0.1) is 0 Å². The first-order chi connectivity index (χ1) is 11.7. The molecule has 0 bridgehead atoms. The van der Waals surface area contributed by atoms with E-state index in [2.05, 4.69) is 5.32 Å². The maximum Gasteiger partial charge on any atom is 0.217 e. The van der Waals surface area contributed by atoms with Gasteiger partial charge >= 0.3 is 0 Å². The first kappa shape index (κ1) is 15.9. The molecule has 124 valence electrons. The summed E-state index contributed by atoms with van der Waals surface area (Å²) < 4.78 is 7.21. The predicted octanol–water partition coefficient (Wildman–Crippen LogP) is 2.69. The minimum atomic E-state index is -0.287. The molecule has 1 amide bonds. The van der Waals surface area contributed by atoms with Crippen LogP contribution < -0.4 is 15.8 Å². The number of anilines is 1. The van der Waals surface area contributed by atoms with Crippen molar-refractivity contribution < 1.29 is 9.53 Å². The largest absolute Gasteiger partial charge is 0.497 e. The van der Waals surface area contributed by atoms with Gasteiger partial charge in [-0.2, -0.15) is 0 Å². The van der Waals surface area contributed by atoms with Crippen molar-refractivity contribution in [2.45, 2.75) is 12.8 Å². The first-order valence-electron chi connectivity index (χ1n) is 7.82. The lowest BCUT2D eigenvalue weighted by molar-refractivity contribution is -0.118. The Morgan fingerprint density at radius 3 is 2.75 bits per heavy atom. The summed E-state index contributed by atoms with van der Waals surface area (Å²) >= 11 is 0. The Bertz CT molecular complexity index is 840. The normalized spacial score (nSPS) is 10.7. The Hall–Kier alpha value is -3.02. The summed E-state index contributed by atoms with van der Waals surface area (Å²) in [6, 6.07) is 13.7. The molecule has 24 heavy (non-hydrogen) atoms. The van der Waals surface area contributed by atoms with Gasteiger partial charge in [0, 0.05) is 24.7 Å². The molecule has 0 aliphatic rings. The minimum Gasteiger partial charge on any atom is -0.497 e. The average Bonchev–Trinajstić information content (AvgIpc) is 2.97. The number of methoxy groups -OCH3 is 1. The summed E-state index contributed by atoms with van der Waals surface area (Å²) in [5.74, 6) is 1.42. The number of hydrogen-bond acceptors (Lipinski definition) is 4. The molecular weight excluding hydrogens is 304 g/mol. The van der Waals surface area contributed by atoms with Crippen molar-refractivity contribution in [1.82, 2.24) is 9.38 Å². The minimum absolute atomic E-state index is 0.287. The number of amides is 1. The van der Waals surface area contributed by atoms with Crippen LogP contribution >= 0.6 is 0 Å². The number of nitrogens with zero attached hydrogens (tertiary/aromatic N) is 2. The molecular formula is C18H20N4O2. The maximum atomic E-state index is 10.9. The number of ether oxygens (including phenoxy) is 1. The number of primary amides is 1. The van der Waals surface area contributed by atoms with Crippen LogP contribution in [0.5, 0.6) is 5.75 Å². The molecule has 6 heteroatoms. The van der Waals surface area contributed by atoms with Crippen molar-refractivity contribution in [3.63, 3.8) is 0 Å². The summed E-state index contributed by atoms with van der Waals surface area (Å²) in [5, 5.41) is 3.38. The van der Waals surface area contributed by atoms with Crippen molar-refractivity contribution in [3.8, 4) is 17.0 Å². The van der Waals surface area contributed by atoms with E-state index in [1.807, 2.05) is 53.1 Å². The highest BCUT2D eigenvalue weighted by Gasteiger charge is 2.13. The van der Waals surface area contributed by atoms with Crippen LogP contribution in [-0.4, -0.2) is 28.9 Å². The van der Waals surface area contributed by atoms with E-state index < -0.39 is 0 Å². The lowest BCUT2D eigenvalue weighted by atomic mass is 10.1. The van der Waals surface area contributed by atoms with Crippen LogP contribution in [0.3, 0.4) is 0 Å². The van der Waals surface area contributed by atoms with E-state index in [9.17, 15) is 4.79 Å². The second-order valence-electron chi connectivity index (χ2n) is 5.46. The average molecular weight is 324 g/mol. The van der Waals surface area contributed by atoms with Crippen LogP contribution in [0, 0.1) is 0 Å². The fourth-order valence-corrected chi connectivity index (χ4v) is 2.58. The molecule has 0 atom stereocenters. The van der Waals surface area contributed by atoms with Gasteiger partial charge in [0.15, 0.2) is 0 Å². The molecule has 3 aromatic rings. The fourth-order valence-electron chi connectivity index (χ4n) is 2.58. The second-order valence-corrected chi connectivity index (χ2v) is 5.46. The standard InChI is InChI=1S/C18H20N4O2/c1-24-14-9-7-13(8-10-14)17-18(20-11-4-5-15(19)23)22-12-3-2-6-16(22)21-17/h2-3,6-10,12,20H,4-5,11H2,1H3,(H2,19,23). The summed E-state index contributed by atoms with van der Waals surface area (Å²) in [6.07, 6.45) is 3.00. The molecule has 0 unspecified atom stereocenters. The Balaban J connectivity index is 1.93. The van der Waals surface area contributed by atoms with Gasteiger partial charge in [-0.05, 0) is 42.8 Å². The van der Waals surface area contributed by atoms with Gasteiger partial charge in [-0.25, -0.2) is 4.98 Å². The number of imidazole rings is 1. The lowest BCUT2D eigenvalue weighted by Crippen LogP contribution is -2.13. The number of benzene rings is 1. The highest BCUT2D eigenvalue weighted by molar-refractivity contribution is 5.77. The van der Waals surface area contributed by atoms with Gasteiger partial charge in [0.2, 0.25) is 5.91 Å². The summed E-state index contributed by atoms with van der Waals surface area (Å²) in [7, 11) is 1.64. The van der Waals surface area contributed by atoms with Gasteiger partial charge in [0.1, 0.15) is 22.9 Å². The molecule has 0 saturated carbocycles. The molecule has 1 aromatic carbocycles. The molecule has 0 saturated heterocycles. The van der Waals surface area contributed by atoms with E-state index in [4.69, 9.17) is 15.5 Å². The Morgan fingerprint density at radius 2 is 2.04 bits per heavy atom. The molecule has 0 aliphatic heterocycles. The highest BCUT2D eigenvalue weighted by Crippen LogP contribution is 2.30. The number of nitrogens with two attached hydrogens (primary N) is 1. The van der Waals surface area contributed by atoms with Crippen molar-refractivity contribution in [3.05, 3.63) is 48.7 Å².